The smallest absolute Gasteiger partial charge is 0.147 e. The van der Waals surface area contributed by atoms with Crippen molar-refractivity contribution in [3.8, 4) is 0 Å². The summed E-state index contributed by atoms with van der Waals surface area (Å²) in [5, 5.41) is 0. The molecule has 0 saturated carbocycles. The van der Waals surface area contributed by atoms with Crippen LogP contribution in [0.25, 0.3) is 0 Å². The van der Waals surface area contributed by atoms with Gasteiger partial charge < -0.3 is 9.80 Å². The van der Waals surface area contributed by atoms with Gasteiger partial charge in [-0.2, -0.15) is 0 Å². The van der Waals surface area contributed by atoms with E-state index in [1.807, 2.05) is 25.1 Å². The van der Waals surface area contributed by atoms with Crippen LogP contribution in [0.15, 0.2) is 41.4 Å². The molecule has 1 aliphatic heterocycles. The van der Waals surface area contributed by atoms with Crippen LogP contribution in [0.2, 0.25) is 0 Å². The molecule has 1 saturated heterocycles. The molecule has 4 heteroatoms. The third-order valence-electron chi connectivity index (χ3n) is 5.11. The summed E-state index contributed by atoms with van der Waals surface area (Å²) in [6, 6.07) is 11.7. The summed E-state index contributed by atoms with van der Waals surface area (Å²) in [6.07, 6.45) is 4.05. The van der Waals surface area contributed by atoms with Gasteiger partial charge in [0.05, 0.1) is 11.4 Å². The normalized spacial score (nSPS) is 14.4. The molecular weight excluding hydrogens is 325 g/mol. The fourth-order valence-corrected chi connectivity index (χ4v) is 3.50. The highest BCUT2D eigenvalue weighted by Crippen LogP contribution is 2.27. The number of aliphatic imine (C=N–C) groups is 1. The molecule has 0 aromatic heterocycles. The fraction of sp³-hybridized carbons (Fsp3) is 0.409. The first kappa shape index (κ1) is 18.4. The molecule has 0 unspecified atom stereocenters. The van der Waals surface area contributed by atoms with Gasteiger partial charge in [-0.1, -0.05) is 0 Å². The lowest BCUT2D eigenvalue weighted by Gasteiger charge is -2.20. The van der Waals surface area contributed by atoms with E-state index in [1.54, 1.807) is 12.3 Å². The maximum absolute atomic E-state index is 14.5. The first-order chi connectivity index (χ1) is 12.6. The van der Waals surface area contributed by atoms with E-state index < -0.39 is 0 Å². The molecule has 0 aliphatic carbocycles. The molecule has 3 rings (SSSR count). The van der Waals surface area contributed by atoms with Crippen molar-refractivity contribution in [2.24, 2.45) is 4.99 Å². The predicted octanol–water partition coefficient (Wildman–Crippen LogP) is 5.33. The summed E-state index contributed by atoms with van der Waals surface area (Å²) in [4.78, 5) is 8.96. The van der Waals surface area contributed by atoms with E-state index in [0.717, 1.165) is 61.5 Å². The Balaban J connectivity index is 1.76. The van der Waals surface area contributed by atoms with Crippen molar-refractivity contribution in [2.45, 2.75) is 33.6 Å². The fourth-order valence-electron chi connectivity index (χ4n) is 3.50. The van der Waals surface area contributed by atoms with Crippen molar-refractivity contribution in [1.82, 2.24) is 0 Å². The molecule has 1 fully saturated rings. The van der Waals surface area contributed by atoms with Gasteiger partial charge in [0.15, 0.2) is 0 Å². The molecule has 0 radical (unpaired) electrons. The van der Waals surface area contributed by atoms with Gasteiger partial charge in [0.25, 0.3) is 0 Å². The number of nitrogens with zero attached hydrogens (tertiary/aromatic N) is 3. The quantitative estimate of drug-likeness (QED) is 0.654. The van der Waals surface area contributed by atoms with E-state index in [4.69, 9.17) is 0 Å². The molecule has 3 nitrogen and oxygen atoms in total. The number of halogens is 1. The zero-order valence-electron chi connectivity index (χ0n) is 16.0. The third-order valence-corrected chi connectivity index (χ3v) is 5.11. The summed E-state index contributed by atoms with van der Waals surface area (Å²) in [5.41, 5.74) is 4.69. The van der Waals surface area contributed by atoms with Crippen LogP contribution in [0.4, 0.5) is 21.5 Å². The van der Waals surface area contributed by atoms with Crippen LogP contribution < -0.4 is 9.80 Å². The number of aryl methyl sites for hydroxylation is 1. The molecule has 1 aliphatic rings. The van der Waals surface area contributed by atoms with Gasteiger partial charge in [-0.3, -0.25) is 4.99 Å². The molecule has 2 aromatic carbocycles. The second kappa shape index (κ2) is 8.35. The summed E-state index contributed by atoms with van der Waals surface area (Å²) >= 11 is 0. The molecule has 0 amide bonds. The van der Waals surface area contributed by atoms with E-state index in [2.05, 4.69) is 40.8 Å². The summed E-state index contributed by atoms with van der Waals surface area (Å²) in [7, 11) is 0. The first-order valence-electron chi connectivity index (χ1n) is 9.56. The van der Waals surface area contributed by atoms with Gasteiger partial charge in [0, 0.05) is 38.1 Å². The minimum Gasteiger partial charge on any atom is -0.372 e. The highest BCUT2D eigenvalue weighted by Gasteiger charge is 2.17. The molecule has 0 bridgehead atoms. The number of rotatable bonds is 6. The van der Waals surface area contributed by atoms with Crippen LogP contribution in [0, 0.1) is 12.7 Å². The Morgan fingerprint density at radius 3 is 2.35 bits per heavy atom. The van der Waals surface area contributed by atoms with Gasteiger partial charge in [0.1, 0.15) is 5.82 Å². The second-order valence-corrected chi connectivity index (χ2v) is 6.80. The molecule has 0 N–H and O–H groups in total. The molecule has 138 valence electrons. The van der Waals surface area contributed by atoms with Gasteiger partial charge in [0.2, 0.25) is 0 Å². The molecule has 0 atom stereocenters. The maximum Gasteiger partial charge on any atom is 0.147 e. The average Bonchev–Trinajstić information content (AvgIpc) is 3.18. The van der Waals surface area contributed by atoms with Crippen molar-refractivity contribution in [1.29, 1.82) is 0 Å². The Labute approximate surface area is 156 Å². The Morgan fingerprint density at radius 2 is 1.73 bits per heavy atom. The van der Waals surface area contributed by atoms with Gasteiger partial charge in [-0.05, 0) is 81.1 Å². The van der Waals surface area contributed by atoms with E-state index in [9.17, 15) is 4.39 Å². The van der Waals surface area contributed by atoms with E-state index >= 15 is 0 Å². The standard InChI is InChI=1S/C22H28FN3/c1-4-25(5-2)20-10-8-19(9-11-20)24-16-18-15-21(23)22(14-17(18)3)26-12-6-7-13-26/h8-11,14-16H,4-7,12-13H2,1-3H3. The van der Waals surface area contributed by atoms with Crippen LogP contribution in [0.5, 0.6) is 0 Å². The highest BCUT2D eigenvalue weighted by atomic mass is 19.1. The van der Waals surface area contributed by atoms with E-state index in [1.165, 1.54) is 5.69 Å². The largest absolute Gasteiger partial charge is 0.372 e. The molecular formula is C22H28FN3. The van der Waals surface area contributed by atoms with E-state index in [-0.39, 0.29) is 5.82 Å². The summed E-state index contributed by atoms with van der Waals surface area (Å²) in [6.45, 7) is 10.2. The highest BCUT2D eigenvalue weighted by molar-refractivity contribution is 5.85. The maximum atomic E-state index is 14.5. The molecule has 26 heavy (non-hydrogen) atoms. The van der Waals surface area contributed by atoms with Gasteiger partial charge in [-0.25, -0.2) is 4.39 Å². The summed E-state index contributed by atoms with van der Waals surface area (Å²) < 4.78 is 14.5. The van der Waals surface area contributed by atoms with Crippen molar-refractivity contribution in [3.63, 3.8) is 0 Å². The molecule has 1 heterocycles. The third kappa shape index (κ3) is 4.06. The summed E-state index contributed by atoms with van der Waals surface area (Å²) in [5.74, 6) is -0.157. The first-order valence-corrected chi connectivity index (χ1v) is 9.56. The Hall–Kier alpha value is -2.36. The Bertz CT molecular complexity index is 758. The van der Waals surface area contributed by atoms with Crippen molar-refractivity contribution in [3.05, 3.63) is 53.3 Å². The number of hydrogen-bond donors (Lipinski definition) is 0. The number of hydrogen-bond acceptors (Lipinski definition) is 3. The monoisotopic (exact) mass is 353 g/mol. The molecule has 2 aromatic rings. The predicted molar refractivity (Wildman–Crippen MR) is 110 cm³/mol. The lowest BCUT2D eigenvalue weighted by Crippen LogP contribution is -2.21. The molecule has 0 spiro atoms. The van der Waals surface area contributed by atoms with Gasteiger partial charge >= 0.3 is 0 Å². The van der Waals surface area contributed by atoms with Crippen molar-refractivity contribution < 1.29 is 4.39 Å². The van der Waals surface area contributed by atoms with Crippen LogP contribution in [-0.4, -0.2) is 32.4 Å². The second-order valence-electron chi connectivity index (χ2n) is 6.80. The van der Waals surface area contributed by atoms with Crippen LogP contribution >= 0.6 is 0 Å². The van der Waals surface area contributed by atoms with E-state index in [0.29, 0.717) is 0 Å². The van der Waals surface area contributed by atoms with Crippen LogP contribution in [-0.2, 0) is 0 Å². The lowest BCUT2D eigenvalue weighted by molar-refractivity contribution is 0.622. The van der Waals surface area contributed by atoms with Crippen LogP contribution in [0.3, 0.4) is 0 Å². The van der Waals surface area contributed by atoms with Crippen molar-refractivity contribution in [2.75, 3.05) is 36.0 Å². The van der Waals surface area contributed by atoms with Gasteiger partial charge in [-0.15, -0.1) is 0 Å². The SMILES string of the molecule is CCN(CC)c1ccc(N=Cc2cc(F)c(N3CCCC3)cc2C)cc1. The van der Waals surface area contributed by atoms with Crippen molar-refractivity contribution >= 4 is 23.3 Å². The Kier molecular flexibility index (Phi) is 5.92. The van der Waals surface area contributed by atoms with Crippen LogP contribution in [0.1, 0.15) is 37.8 Å². The minimum atomic E-state index is -0.157. The zero-order valence-corrected chi connectivity index (χ0v) is 16.0. The average molecular weight is 353 g/mol. The Morgan fingerprint density at radius 1 is 1.08 bits per heavy atom. The minimum absolute atomic E-state index is 0.157. The zero-order chi connectivity index (χ0) is 18.5. The topological polar surface area (TPSA) is 18.8 Å². The number of anilines is 2. The lowest BCUT2D eigenvalue weighted by atomic mass is 10.1. The number of benzene rings is 2.